The lowest BCUT2D eigenvalue weighted by Gasteiger charge is -2.32. The van der Waals surface area contributed by atoms with Gasteiger partial charge in [0, 0.05) is 23.9 Å². The molecule has 0 aliphatic carbocycles. The predicted octanol–water partition coefficient (Wildman–Crippen LogP) is 1.35. The molecular weight excluding hydrogens is 204 g/mol. The van der Waals surface area contributed by atoms with Crippen molar-refractivity contribution in [2.75, 3.05) is 0 Å². The molecule has 4 nitrogen and oxygen atoms in total. The molecule has 0 spiro atoms. The van der Waals surface area contributed by atoms with Crippen LogP contribution in [-0.4, -0.2) is 22.9 Å². The molecule has 0 aromatic carbocycles. The maximum Gasteiger partial charge on any atom is 0.220 e. The zero-order valence-electron chi connectivity index (χ0n) is 10.6. The van der Waals surface area contributed by atoms with E-state index in [1.165, 1.54) is 0 Å². The highest BCUT2D eigenvalue weighted by molar-refractivity contribution is 5.79. The summed E-state index contributed by atoms with van der Waals surface area (Å²) >= 11 is 0. The number of carbonyl (C=O) groups is 2. The highest BCUT2D eigenvalue weighted by Crippen LogP contribution is 2.17. The molecular formula is C12H22N2O2. The van der Waals surface area contributed by atoms with Gasteiger partial charge in [0.1, 0.15) is 0 Å². The summed E-state index contributed by atoms with van der Waals surface area (Å²) in [5.74, 6) is 0.128. The standard InChI is InChI=1S/C12H22N2O2/c1-11(2)7-5-10(16)14-12(3,4)8-6-9(15)13-11/h5-8H2,1-4H3,(H,13,15)(H,14,16). The highest BCUT2D eigenvalue weighted by Gasteiger charge is 2.27. The molecule has 0 radical (unpaired) electrons. The Morgan fingerprint density at radius 2 is 1.12 bits per heavy atom. The van der Waals surface area contributed by atoms with E-state index in [0.717, 1.165) is 0 Å². The van der Waals surface area contributed by atoms with Crippen molar-refractivity contribution in [1.82, 2.24) is 10.6 Å². The smallest absolute Gasteiger partial charge is 0.220 e. The van der Waals surface area contributed by atoms with E-state index in [-0.39, 0.29) is 22.9 Å². The third-order valence-corrected chi connectivity index (χ3v) is 2.91. The Morgan fingerprint density at radius 3 is 1.44 bits per heavy atom. The van der Waals surface area contributed by atoms with E-state index in [9.17, 15) is 9.59 Å². The second-order valence-electron chi connectivity index (χ2n) is 5.86. The number of carbonyl (C=O) groups excluding carboxylic acids is 2. The summed E-state index contributed by atoms with van der Waals surface area (Å²) in [6, 6.07) is 0. The van der Waals surface area contributed by atoms with E-state index in [4.69, 9.17) is 0 Å². The summed E-state index contributed by atoms with van der Waals surface area (Å²) in [4.78, 5) is 23.3. The van der Waals surface area contributed by atoms with Crippen molar-refractivity contribution in [1.29, 1.82) is 0 Å². The normalized spacial score (nSPS) is 25.5. The van der Waals surface area contributed by atoms with Crippen molar-refractivity contribution < 1.29 is 9.59 Å². The monoisotopic (exact) mass is 226 g/mol. The minimum atomic E-state index is -0.296. The van der Waals surface area contributed by atoms with Gasteiger partial charge in [-0.3, -0.25) is 9.59 Å². The van der Waals surface area contributed by atoms with Gasteiger partial charge in [-0.15, -0.1) is 0 Å². The fourth-order valence-corrected chi connectivity index (χ4v) is 1.86. The zero-order chi connectivity index (χ0) is 12.4. The number of hydrogen-bond donors (Lipinski definition) is 2. The van der Waals surface area contributed by atoms with Gasteiger partial charge in [-0.2, -0.15) is 0 Å². The van der Waals surface area contributed by atoms with Crippen molar-refractivity contribution in [3.05, 3.63) is 0 Å². The van der Waals surface area contributed by atoms with Crippen molar-refractivity contribution in [3.63, 3.8) is 0 Å². The molecule has 0 saturated carbocycles. The Balaban J connectivity index is 2.73. The molecule has 0 aromatic heterocycles. The molecule has 1 aliphatic rings. The molecule has 4 heteroatoms. The van der Waals surface area contributed by atoms with Gasteiger partial charge >= 0.3 is 0 Å². The summed E-state index contributed by atoms with van der Waals surface area (Å²) in [5, 5.41) is 5.93. The Bertz CT molecular complexity index is 265. The minimum Gasteiger partial charge on any atom is -0.351 e. The van der Waals surface area contributed by atoms with Crippen LogP contribution in [0, 0.1) is 0 Å². The van der Waals surface area contributed by atoms with Crippen molar-refractivity contribution in [2.45, 2.75) is 64.5 Å². The first kappa shape index (κ1) is 13.0. The van der Waals surface area contributed by atoms with Gasteiger partial charge in [0.25, 0.3) is 0 Å². The largest absolute Gasteiger partial charge is 0.351 e. The van der Waals surface area contributed by atoms with Crippen LogP contribution in [0.3, 0.4) is 0 Å². The first-order chi connectivity index (χ1) is 7.20. The quantitative estimate of drug-likeness (QED) is 0.655. The molecule has 0 unspecified atom stereocenters. The summed E-state index contributed by atoms with van der Waals surface area (Å²) in [7, 11) is 0. The fraction of sp³-hybridized carbons (Fsp3) is 0.833. The van der Waals surface area contributed by atoms with Gasteiger partial charge in [-0.05, 0) is 40.5 Å². The summed E-state index contributed by atoms with van der Waals surface area (Å²) in [5.41, 5.74) is -0.591. The van der Waals surface area contributed by atoms with Crippen LogP contribution < -0.4 is 10.6 Å². The summed E-state index contributed by atoms with van der Waals surface area (Å²) in [6.45, 7) is 7.80. The number of rotatable bonds is 0. The van der Waals surface area contributed by atoms with Crippen LogP contribution in [0.15, 0.2) is 0 Å². The van der Waals surface area contributed by atoms with Gasteiger partial charge in [0.05, 0.1) is 0 Å². The van der Waals surface area contributed by atoms with Crippen LogP contribution >= 0.6 is 0 Å². The highest BCUT2D eigenvalue weighted by atomic mass is 16.2. The van der Waals surface area contributed by atoms with E-state index in [1.807, 2.05) is 27.7 Å². The molecule has 2 amide bonds. The summed E-state index contributed by atoms with van der Waals surface area (Å²) in [6.07, 6.45) is 2.24. The molecule has 1 saturated heterocycles. The van der Waals surface area contributed by atoms with Crippen LogP contribution in [0.25, 0.3) is 0 Å². The van der Waals surface area contributed by atoms with Crippen LogP contribution in [0.1, 0.15) is 53.4 Å². The van der Waals surface area contributed by atoms with E-state index in [0.29, 0.717) is 25.7 Å². The van der Waals surface area contributed by atoms with Crippen molar-refractivity contribution in [2.24, 2.45) is 0 Å². The van der Waals surface area contributed by atoms with Gasteiger partial charge in [0.2, 0.25) is 11.8 Å². The lowest BCUT2D eigenvalue weighted by molar-refractivity contribution is -0.127. The predicted molar refractivity (Wildman–Crippen MR) is 62.9 cm³/mol. The maximum atomic E-state index is 11.7. The molecule has 1 fully saturated rings. The molecule has 16 heavy (non-hydrogen) atoms. The first-order valence-corrected chi connectivity index (χ1v) is 5.82. The minimum absolute atomic E-state index is 0.0641. The molecule has 1 heterocycles. The van der Waals surface area contributed by atoms with Crippen molar-refractivity contribution >= 4 is 11.8 Å². The fourth-order valence-electron chi connectivity index (χ4n) is 1.86. The van der Waals surface area contributed by atoms with E-state index >= 15 is 0 Å². The Labute approximate surface area is 97.2 Å². The Morgan fingerprint density at radius 1 is 0.812 bits per heavy atom. The molecule has 0 atom stereocenters. The molecule has 1 rings (SSSR count). The molecule has 2 N–H and O–H groups in total. The lowest BCUT2D eigenvalue weighted by Crippen LogP contribution is -2.49. The van der Waals surface area contributed by atoms with Crippen LogP contribution in [0.4, 0.5) is 0 Å². The second-order valence-corrected chi connectivity index (χ2v) is 5.86. The Hall–Kier alpha value is -1.06. The van der Waals surface area contributed by atoms with E-state index in [1.54, 1.807) is 0 Å². The van der Waals surface area contributed by atoms with Gasteiger partial charge in [-0.25, -0.2) is 0 Å². The molecule has 1 aliphatic heterocycles. The summed E-state index contributed by atoms with van der Waals surface area (Å²) < 4.78 is 0. The third kappa shape index (κ3) is 4.21. The average molecular weight is 226 g/mol. The van der Waals surface area contributed by atoms with Gasteiger partial charge < -0.3 is 10.6 Å². The number of amides is 2. The van der Waals surface area contributed by atoms with Gasteiger partial charge in [0.15, 0.2) is 0 Å². The Kier molecular flexibility index (Phi) is 3.61. The van der Waals surface area contributed by atoms with E-state index in [2.05, 4.69) is 10.6 Å². The number of nitrogens with one attached hydrogen (secondary N) is 2. The third-order valence-electron chi connectivity index (χ3n) is 2.91. The van der Waals surface area contributed by atoms with Gasteiger partial charge in [-0.1, -0.05) is 0 Å². The maximum absolute atomic E-state index is 11.7. The zero-order valence-corrected chi connectivity index (χ0v) is 10.6. The molecule has 0 bridgehead atoms. The topological polar surface area (TPSA) is 58.2 Å². The first-order valence-electron chi connectivity index (χ1n) is 5.82. The van der Waals surface area contributed by atoms with Crippen LogP contribution in [0.5, 0.6) is 0 Å². The lowest BCUT2D eigenvalue weighted by atomic mass is 9.93. The SMILES string of the molecule is CC1(C)CCC(=O)NC(C)(C)CCC(=O)N1. The van der Waals surface area contributed by atoms with Crippen LogP contribution in [0.2, 0.25) is 0 Å². The number of hydrogen-bond acceptors (Lipinski definition) is 2. The molecule has 92 valence electrons. The van der Waals surface area contributed by atoms with Crippen molar-refractivity contribution in [3.8, 4) is 0 Å². The van der Waals surface area contributed by atoms with E-state index < -0.39 is 0 Å². The van der Waals surface area contributed by atoms with Crippen LogP contribution in [-0.2, 0) is 9.59 Å². The molecule has 0 aromatic rings. The second kappa shape index (κ2) is 4.44. The average Bonchev–Trinajstić information content (AvgIpc) is 2.10.